The zero-order valence-electron chi connectivity index (χ0n) is 14.2. The Kier molecular flexibility index (Phi) is 8.42. The van der Waals surface area contributed by atoms with Crippen LogP contribution in [0.3, 0.4) is 0 Å². The first kappa shape index (κ1) is 21.6. The van der Waals surface area contributed by atoms with Crippen LogP contribution in [0.1, 0.15) is 47.2 Å². The van der Waals surface area contributed by atoms with Gasteiger partial charge >= 0.3 is 0 Å². The van der Waals surface area contributed by atoms with Crippen molar-refractivity contribution in [1.82, 2.24) is 9.88 Å². The Morgan fingerprint density at radius 2 is 2.08 bits per heavy atom. The largest absolute Gasteiger partial charge is 0.364 e. The maximum absolute atomic E-state index is 12.7. The van der Waals surface area contributed by atoms with Crippen LogP contribution < -0.4 is 5.73 Å². The van der Waals surface area contributed by atoms with Crippen molar-refractivity contribution < 1.29 is 9.53 Å². The van der Waals surface area contributed by atoms with Crippen molar-refractivity contribution in [3.63, 3.8) is 0 Å². The number of likely N-dealkylation sites (tertiary alicyclic amines) is 1. The number of nitrogens with two attached hydrogens (primary N) is 1. The molecule has 0 aliphatic carbocycles. The lowest BCUT2D eigenvalue weighted by molar-refractivity contribution is -0.144. The molecule has 0 spiro atoms. The molecule has 2 saturated heterocycles. The Morgan fingerprint density at radius 1 is 1.33 bits per heavy atom. The first-order chi connectivity index (χ1) is 10.6. The molecule has 0 bridgehead atoms. The zero-order chi connectivity index (χ0) is 15.7. The Bertz CT molecular complexity index is 536. The van der Waals surface area contributed by atoms with Crippen molar-refractivity contribution in [2.45, 2.75) is 57.7 Å². The van der Waals surface area contributed by atoms with Crippen LogP contribution in [0.2, 0.25) is 0 Å². The van der Waals surface area contributed by atoms with Crippen molar-refractivity contribution in [3.05, 3.63) is 15.6 Å². The SMILES string of the molecule is Cc1nc(C2CCCN(C(=O)[C@@H]3CC[C@H](CN)O3)C2)sc1C.Cl.Cl. The average molecular weight is 396 g/mol. The fraction of sp³-hybridized carbons (Fsp3) is 0.750. The number of aryl methyl sites for hydroxylation is 2. The zero-order valence-corrected chi connectivity index (χ0v) is 16.6. The van der Waals surface area contributed by atoms with Gasteiger partial charge in [0, 0.05) is 30.4 Å². The molecule has 138 valence electrons. The topological polar surface area (TPSA) is 68.5 Å². The molecule has 0 aromatic carbocycles. The Hall–Kier alpha value is -0.400. The Labute approximate surface area is 160 Å². The summed E-state index contributed by atoms with van der Waals surface area (Å²) in [4.78, 5) is 20.6. The monoisotopic (exact) mass is 395 g/mol. The summed E-state index contributed by atoms with van der Waals surface area (Å²) in [6, 6.07) is 0. The Balaban J connectivity index is 0.00000144. The summed E-state index contributed by atoms with van der Waals surface area (Å²) >= 11 is 1.77. The molecule has 3 atom stereocenters. The van der Waals surface area contributed by atoms with Crippen LogP contribution in [0.4, 0.5) is 0 Å². The van der Waals surface area contributed by atoms with E-state index in [-0.39, 0.29) is 42.9 Å². The first-order valence-electron chi connectivity index (χ1n) is 8.16. The third-order valence-corrected chi connectivity index (χ3v) is 6.01. The molecule has 3 heterocycles. The van der Waals surface area contributed by atoms with Crippen molar-refractivity contribution in [2.75, 3.05) is 19.6 Å². The number of carbonyl (C=O) groups is 1. The van der Waals surface area contributed by atoms with E-state index in [1.807, 2.05) is 4.90 Å². The number of ether oxygens (including phenoxy) is 1. The quantitative estimate of drug-likeness (QED) is 0.853. The normalized spacial score (nSPS) is 26.6. The third-order valence-electron chi connectivity index (χ3n) is 4.77. The predicted octanol–water partition coefficient (Wildman–Crippen LogP) is 2.82. The Morgan fingerprint density at radius 3 is 2.67 bits per heavy atom. The molecule has 24 heavy (non-hydrogen) atoms. The van der Waals surface area contributed by atoms with Gasteiger partial charge in [0.15, 0.2) is 0 Å². The highest BCUT2D eigenvalue weighted by Crippen LogP contribution is 2.32. The van der Waals surface area contributed by atoms with Gasteiger partial charge in [-0.2, -0.15) is 0 Å². The molecule has 0 radical (unpaired) electrons. The van der Waals surface area contributed by atoms with E-state index in [0.29, 0.717) is 12.5 Å². The maximum atomic E-state index is 12.7. The fourth-order valence-electron chi connectivity index (χ4n) is 3.32. The molecule has 5 nitrogen and oxygen atoms in total. The van der Waals surface area contributed by atoms with Gasteiger partial charge in [-0.05, 0) is 39.5 Å². The highest BCUT2D eigenvalue weighted by Gasteiger charge is 2.35. The van der Waals surface area contributed by atoms with Gasteiger partial charge < -0.3 is 15.4 Å². The van der Waals surface area contributed by atoms with Crippen LogP contribution in [-0.4, -0.2) is 47.6 Å². The number of hydrogen-bond donors (Lipinski definition) is 1. The van der Waals surface area contributed by atoms with E-state index in [0.717, 1.165) is 44.5 Å². The maximum Gasteiger partial charge on any atom is 0.251 e. The molecular weight excluding hydrogens is 369 g/mol. The lowest BCUT2D eigenvalue weighted by Crippen LogP contribution is -2.44. The molecule has 0 saturated carbocycles. The van der Waals surface area contributed by atoms with Crippen molar-refractivity contribution in [2.24, 2.45) is 5.73 Å². The summed E-state index contributed by atoms with van der Waals surface area (Å²) in [5, 5.41) is 1.18. The van der Waals surface area contributed by atoms with Gasteiger partial charge in [0.1, 0.15) is 6.10 Å². The average Bonchev–Trinajstić information content (AvgIpc) is 3.14. The molecule has 1 aromatic heterocycles. The minimum Gasteiger partial charge on any atom is -0.364 e. The van der Waals surface area contributed by atoms with E-state index in [1.165, 1.54) is 9.88 Å². The number of nitrogens with zero attached hydrogens (tertiary/aromatic N) is 2. The van der Waals surface area contributed by atoms with Crippen LogP contribution in [0.25, 0.3) is 0 Å². The molecule has 2 aliphatic rings. The number of hydrogen-bond acceptors (Lipinski definition) is 5. The number of amides is 1. The highest BCUT2D eigenvalue weighted by molar-refractivity contribution is 7.11. The summed E-state index contributed by atoms with van der Waals surface area (Å²) in [5.74, 6) is 0.521. The number of piperidine rings is 1. The van der Waals surface area contributed by atoms with Gasteiger partial charge in [-0.3, -0.25) is 4.79 Å². The van der Waals surface area contributed by atoms with Crippen LogP contribution in [0.5, 0.6) is 0 Å². The number of thiazole rings is 1. The first-order valence-corrected chi connectivity index (χ1v) is 8.98. The number of aromatic nitrogens is 1. The van der Waals surface area contributed by atoms with E-state index in [2.05, 4.69) is 18.8 Å². The van der Waals surface area contributed by atoms with E-state index >= 15 is 0 Å². The minimum absolute atomic E-state index is 0. The standard InChI is InChI=1S/C16H25N3O2S.2ClH/c1-10-11(2)22-15(18-10)12-4-3-7-19(9-12)16(20)14-6-5-13(8-17)21-14;;/h12-14H,3-9,17H2,1-2H3;2*1H/t12?,13-,14+;;/m1../s1. The van der Waals surface area contributed by atoms with Gasteiger partial charge in [-0.25, -0.2) is 4.98 Å². The second-order valence-electron chi connectivity index (χ2n) is 6.38. The number of rotatable bonds is 3. The second kappa shape index (κ2) is 9.34. The van der Waals surface area contributed by atoms with Gasteiger partial charge in [-0.1, -0.05) is 0 Å². The highest BCUT2D eigenvalue weighted by atomic mass is 35.5. The summed E-state index contributed by atoms with van der Waals surface area (Å²) < 4.78 is 5.76. The van der Waals surface area contributed by atoms with E-state index in [9.17, 15) is 4.79 Å². The second-order valence-corrected chi connectivity index (χ2v) is 7.61. The predicted molar refractivity (Wildman–Crippen MR) is 102 cm³/mol. The lowest BCUT2D eigenvalue weighted by Gasteiger charge is -2.33. The van der Waals surface area contributed by atoms with Crippen LogP contribution in [0, 0.1) is 13.8 Å². The number of carbonyl (C=O) groups excluding carboxylic acids is 1. The van der Waals surface area contributed by atoms with Crippen LogP contribution in [-0.2, 0) is 9.53 Å². The molecule has 3 rings (SSSR count). The minimum atomic E-state index is -0.285. The van der Waals surface area contributed by atoms with E-state index in [1.54, 1.807) is 11.3 Å². The summed E-state index contributed by atoms with van der Waals surface area (Å²) in [5.41, 5.74) is 6.75. The molecule has 2 fully saturated rings. The van der Waals surface area contributed by atoms with Gasteiger partial charge in [0.05, 0.1) is 16.8 Å². The van der Waals surface area contributed by atoms with Crippen molar-refractivity contribution in [1.29, 1.82) is 0 Å². The van der Waals surface area contributed by atoms with Gasteiger partial charge in [0.2, 0.25) is 0 Å². The van der Waals surface area contributed by atoms with E-state index in [4.69, 9.17) is 10.5 Å². The van der Waals surface area contributed by atoms with Crippen LogP contribution >= 0.6 is 36.2 Å². The summed E-state index contributed by atoms with van der Waals surface area (Å²) in [6.07, 6.45) is 3.63. The summed E-state index contributed by atoms with van der Waals surface area (Å²) in [6.45, 7) is 6.29. The van der Waals surface area contributed by atoms with Crippen molar-refractivity contribution >= 4 is 42.1 Å². The molecule has 2 aliphatic heterocycles. The third kappa shape index (κ3) is 4.61. The van der Waals surface area contributed by atoms with E-state index < -0.39 is 0 Å². The molecular formula is C16H27Cl2N3O2S. The van der Waals surface area contributed by atoms with Gasteiger partial charge in [-0.15, -0.1) is 36.2 Å². The molecule has 1 unspecified atom stereocenters. The molecule has 1 aromatic rings. The summed E-state index contributed by atoms with van der Waals surface area (Å²) in [7, 11) is 0. The smallest absolute Gasteiger partial charge is 0.251 e. The lowest BCUT2D eigenvalue weighted by atomic mass is 9.98. The number of halogens is 2. The molecule has 1 amide bonds. The fourth-order valence-corrected chi connectivity index (χ4v) is 4.36. The molecule has 2 N–H and O–H groups in total. The van der Waals surface area contributed by atoms with Crippen molar-refractivity contribution in [3.8, 4) is 0 Å². The van der Waals surface area contributed by atoms with Crippen LogP contribution in [0.15, 0.2) is 0 Å². The van der Waals surface area contributed by atoms with Gasteiger partial charge in [0.25, 0.3) is 5.91 Å². The molecule has 8 heteroatoms.